The fraction of sp³-hybridized carbons (Fsp3) is 0.167. The van der Waals surface area contributed by atoms with Crippen molar-refractivity contribution in [3.05, 3.63) is 52.6 Å². The maximum atomic E-state index is 13.3. The molecular weight excluding hydrogens is 325 g/mol. The highest BCUT2D eigenvalue weighted by Gasteiger charge is 2.11. The Balaban J connectivity index is 1.65. The first-order chi connectivity index (χ1) is 11.1. The molecule has 0 amide bonds. The van der Waals surface area contributed by atoms with Gasteiger partial charge >= 0.3 is 5.69 Å². The summed E-state index contributed by atoms with van der Waals surface area (Å²) in [6.07, 6.45) is 2.55. The second-order valence-electron chi connectivity index (χ2n) is 4.42. The Hall–Kier alpha value is -2.82. The lowest BCUT2D eigenvalue weighted by Crippen LogP contribution is -2.03. The van der Waals surface area contributed by atoms with Crippen LogP contribution in [0.4, 0.5) is 10.1 Å². The molecule has 0 unspecified atom stereocenters. The lowest BCUT2D eigenvalue weighted by Gasteiger charge is -2.04. The van der Waals surface area contributed by atoms with Gasteiger partial charge in [0, 0.05) is 5.75 Å². The van der Waals surface area contributed by atoms with Crippen molar-refractivity contribution >= 4 is 17.4 Å². The molecule has 0 aliphatic carbocycles. The van der Waals surface area contributed by atoms with Crippen LogP contribution in [-0.4, -0.2) is 40.7 Å². The summed E-state index contributed by atoms with van der Waals surface area (Å²) in [5.74, 6) is 0.173. The summed E-state index contributed by atoms with van der Waals surface area (Å²) in [5, 5.41) is 26.3. The van der Waals surface area contributed by atoms with E-state index in [0.29, 0.717) is 23.1 Å². The Kier molecular flexibility index (Phi) is 4.28. The summed E-state index contributed by atoms with van der Waals surface area (Å²) in [6, 6.07) is 5.94. The average molecular weight is 335 g/mol. The molecule has 0 aliphatic rings. The van der Waals surface area contributed by atoms with Crippen LogP contribution in [0.1, 0.15) is 0 Å². The van der Waals surface area contributed by atoms with Gasteiger partial charge in [-0.1, -0.05) is 17.8 Å². The molecule has 2 heterocycles. The van der Waals surface area contributed by atoms with E-state index in [4.69, 9.17) is 0 Å². The van der Waals surface area contributed by atoms with Crippen LogP contribution in [0.5, 0.6) is 0 Å². The zero-order chi connectivity index (χ0) is 16.2. The largest absolute Gasteiger partial charge is 0.306 e. The molecule has 11 heteroatoms. The first-order valence-corrected chi connectivity index (χ1v) is 7.46. The lowest BCUT2D eigenvalue weighted by atomic mass is 10.3. The minimum Gasteiger partial charge on any atom is -0.265 e. The summed E-state index contributed by atoms with van der Waals surface area (Å²) in [6.45, 7) is 0.453. The van der Waals surface area contributed by atoms with E-state index in [1.54, 1.807) is 12.1 Å². The smallest absolute Gasteiger partial charge is 0.265 e. The molecule has 3 aromatic rings. The van der Waals surface area contributed by atoms with Crippen LogP contribution in [0.25, 0.3) is 5.69 Å². The predicted molar refractivity (Wildman–Crippen MR) is 78.7 cm³/mol. The van der Waals surface area contributed by atoms with Crippen LogP contribution in [-0.2, 0) is 6.54 Å². The van der Waals surface area contributed by atoms with Crippen molar-refractivity contribution in [2.75, 3.05) is 5.75 Å². The number of nitro groups is 1. The molecular formula is C12H10FN7O2S. The Labute approximate surface area is 133 Å². The normalized spacial score (nSPS) is 10.8. The van der Waals surface area contributed by atoms with Crippen LogP contribution in [0.3, 0.4) is 0 Å². The van der Waals surface area contributed by atoms with E-state index >= 15 is 0 Å². The maximum Gasteiger partial charge on any atom is 0.306 e. The van der Waals surface area contributed by atoms with Crippen molar-refractivity contribution < 1.29 is 9.31 Å². The molecule has 0 saturated heterocycles. The standard InChI is InChI=1S/C12H10FN7O2S/c13-9-2-1-3-10(6-9)19-12(15-16-17-19)23-5-4-18-8-11(7-14-18)20(21)22/h1-3,6-8H,4-5H2. The van der Waals surface area contributed by atoms with Gasteiger partial charge in [-0.15, -0.1) is 5.10 Å². The molecule has 0 radical (unpaired) electrons. The van der Waals surface area contributed by atoms with Gasteiger partial charge in [-0.2, -0.15) is 9.78 Å². The Morgan fingerprint density at radius 3 is 3.00 bits per heavy atom. The first kappa shape index (κ1) is 15.1. The fourth-order valence-corrected chi connectivity index (χ4v) is 2.66. The third-order valence-corrected chi connectivity index (χ3v) is 3.78. The predicted octanol–water partition coefficient (Wildman–Crippen LogP) is 1.70. The van der Waals surface area contributed by atoms with E-state index in [0.717, 1.165) is 0 Å². The van der Waals surface area contributed by atoms with E-state index in [2.05, 4.69) is 20.6 Å². The second-order valence-corrected chi connectivity index (χ2v) is 5.48. The molecule has 0 N–H and O–H groups in total. The van der Waals surface area contributed by atoms with Gasteiger partial charge in [0.1, 0.15) is 18.2 Å². The van der Waals surface area contributed by atoms with Gasteiger partial charge in [0.2, 0.25) is 5.16 Å². The van der Waals surface area contributed by atoms with Crippen molar-refractivity contribution in [3.8, 4) is 5.69 Å². The zero-order valence-corrected chi connectivity index (χ0v) is 12.4. The minimum absolute atomic E-state index is 0.0559. The molecule has 3 rings (SSSR count). The molecule has 0 spiro atoms. The third-order valence-electron chi connectivity index (χ3n) is 2.88. The number of halogens is 1. The molecule has 0 aliphatic heterocycles. The molecule has 2 aromatic heterocycles. The summed E-state index contributed by atoms with van der Waals surface area (Å²) in [7, 11) is 0. The zero-order valence-electron chi connectivity index (χ0n) is 11.6. The topological polar surface area (TPSA) is 105 Å². The third kappa shape index (κ3) is 3.51. The monoisotopic (exact) mass is 335 g/mol. The van der Waals surface area contributed by atoms with Crippen LogP contribution in [0.2, 0.25) is 0 Å². The maximum absolute atomic E-state index is 13.3. The number of thioether (sulfide) groups is 1. The van der Waals surface area contributed by atoms with E-state index in [1.807, 2.05) is 0 Å². The number of tetrazole rings is 1. The highest BCUT2D eigenvalue weighted by atomic mass is 32.2. The van der Waals surface area contributed by atoms with Gasteiger partial charge in [0.05, 0.1) is 17.2 Å². The Morgan fingerprint density at radius 1 is 1.39 bits per heavy atom. The summed E-state index contributed by atoms with van der Waals surface area (Å²) in [5.41, 5.74) is 0.465. The molecule has 0 fully saturated rings. The van der Waals surface area contributed by atoms with Crippen molar-refractivity contribution in [1.29, 1.82) is 0 Å². The highest BCUT2D eigenvalue weighted by molar-refractivity contribution is 7.99. The number of aryl methyl sites for hydroxylation is 1. The fourth-order valence-electron chi connectivity index (χ4n) is 1.84. The van der Waals surface area contributed by atoms with E-state index in [9.17, 15) is 14.5 Å². The number of rotatable bonds is 6. The molecule has 1 aromatic carbocycles. The Morgan fingerprint density at radius 2 is 2.26 bits per heavy atom. The second kappa shape index (κ2) is 6.52. The highest BCUT2D eigenvalue weighted by Crippen LogP contribution is 2.19. The van der Waals surface area contributed by atoms with Crippen molar-refractivity contribution in [1.82, 2.24) is 30.0 Å². The molecule has 0 saturated carbocycles. The van der Waals surface area contributed by atoms with E-state index in [1.165, 1.54) is 45.7 Å². The van der Waals surface area contributed by atoms with Crippen LogP contribution in [0.15, 0.2) is 41.8 Å². The average Bonchev–Trinajstić information content (AvgIpc) is 3.16. The molecule has 9 nitrogen and oxygen atoms in total. The number of hydrogen-bond donors (Lipinski definition) is 0. The number of aromatic nitrogens is 6. The van der Waals surface area contributed by atoms with Crippen molar-refractivity contribution in [3.63, 3.8) is 0 Å². The molecule has 0 atom stereocenters. The molecule has 0 bridgehead atoms. The van der Waals surface area contributed by atoms with Crippen LogP contribution in [0, 0.1) is 15.9 Å². The summed E-state index contributed by atoms with van der Waals surface area (Å²) < 4.78 is 16.2. The number of nitrogens with zero attached hydrogens (tertiary/aromatic N) is 7. The van der Waals surface area contributed by atoms with Crippen molar-refractivity contribution in [2.45, 2.75) is 11.7 Å². The van der Waals surface area contributed by atoms with Gasteiger partial charge in [-0.25, -0.2) is 4.39 Å². The SMILES string of the molecule is O=[N+]([O-])c1cnn(CCSc2nnnn2-c2cccc(F)c2)c1. The Bertz CT molecular complexity index is 834. The van der Waals surface area contributed by atoms with Gasteiger partial charge in [-0.05, 0) is 28.6 Å². The van der Waals surface area contributed by atoms with Gasteiger partial charge < -0.3 is 0 Å². The lowest BCUT2D eigenvalue weighted by molar-refractivity contribution is -0.385. The van der Waals surface area contributed by atoms with Gasteiger partial charge in [-0.3, -0.25) is 14.8 Å². The summed E-state index contributed by atoms with van der Waals surface area (Å²) >= 11 is 1.34. The minimum atomic E-state index is -0.499. The molecule has 23 heavy (non-hydrogen) atoms. The van der Waals surface area contributed by atoms with E-state index in [-0.39, 0.29) is 11.5 Å². The summed E-state index contributed by atoms with van der Waals surface area (Å²) in [4.78, 5) is 10.1. The van der Waals surface area contributed by atoms with Gasteiger partial charge in [0.15, 0.2) is 0 Å². The van der Waals surface area contributed by atoms with Crippen LogP contribution < -0.4 is 0 Å². The van der Waals surface area contributed by atoms with Crippen molar-refractivity contribution in [2.24, 2.45) is 0 Å². The first-order valence-electron chi connectivity index (χ1n) is 6.47. The van der Waals surface area contributed by atoms with Gasteiger partial charge in [0.25, 0.3) is 0 Å². The quantitative estimate of drug-likeness (QED) is 0.383. The molecule has 118 valence electrons. The van der Waals surface area contributed by atoms with E-state index < -0.39 is 4.92 Å². The van der Waals surface area contributed by atoms with Crippen LogP contribution >= 0.6 is 11.8 Å². The number of hydrogen-bond acceptors (Lipinski definition) is 7. The number of benzene rings is 1.